The molecule has 1 N–H and O–H groups in total. The molecule has 6 nitrogen and oxygen atoms in total. The van der Waals surface area contributed by atoms with E-state index in [9.17, 15) is 22.8 Å². The Bertz CT molecular complexity index is 996. The largest absolute Gasteiger partial charge is 0.417 e. The van der Waals surface area contributed by atoms with E-state index in [4.69, 9.17) is 34.8 Å². The highest BCUT2D eigenvalue weighted by Crippen LogP contribution is 2.33. The molecule has 1 aliphatic heterocycles. The van der Waals surface area contributed by atoms with Gasteiger partial charge >= 0.3 is 6.18 Å². The standard InChI is InChI=1S/C19H16Cl3F3N4O2/c20-13-2-1-12(8-14(13)21)27-16(30)9-17(31)28-3-5-29(6-4-28)18-15(22)7-11(10-26-18)19(23,24)25/h1-2,7-8,10H,3-6,9H2,(H,27,30). The molecule has 0 atom stereocenters. The lowest BCUT2D eigenvalue weighted by Gasteiger charge is -2.35. The maximum Gasteiger partial charge on any atom is 0.417 e. The van der Waals surface area contributed by atoms with E-state index in [1.165, 1.54) is 17.0 Å². The lowest BCUT2D eigenvalue weighted by Crippen LogP contribution is -2.49. The first-order chi connectivity index (χ1) is 14.5. The molecule has 1 aromatic heterocycles. The molecule has 166 valence electrons. The predicted molar refractivity (Wildman–Crippen MR) is 113 cm³/mol. The number of pyridine rings is 1. The predicted octanol–water partition coefficient (Wildman–Crippen LogP) is 4.74. The van der Waals surface area contributed by atoms with Gasteiger partial charge in [-0.05, 0) is 24.3 Å². The summed E-state index contributed by atoms with van der Waals surface area (Å²) in [4.78, 5) is 31.6. The number of amides is 2. The summed E-state index contributed by atoms with van der Waals surface area (Å²) in [6.45, 7) is 1.19. The first kappa shape index (κ1) is 23.4. The molecule has 0 spiro atoms. The van der Waals surface area contributed by atoms with E-state index in [0.29, 0.717) is 23.8 Å². The Hall–Kier alpha value is -2.23. The smallest absolute Gasteiger partial charge is 0.352 e. The van der Waals surface area contributed by atoms with Gasteiger partial charge in [0, 0.05) is 38.1 Å². The van der Waals surface area contributed by atoms with Gasteiger partial charge in [-0.25, -0.2) is 4.98 Å². The van der Waals surface area contributed by atoms with Crippen LogP contribution >= 0.6 is 34.8 Å². The van der Waals surface area contributed by atoms with Crippen LogP contribution in [0.1, 0.15) is 12.0 Å². The highest BCUT2D eigenvalue weighted by atomic mass is 35.5. The number of carbonyl (C=O) groups excluding carboxylic acids is 2. The maximum atomic E-state index is 12.8. The average molecular weight is 496 g/mol. The topological polar surface area (TPSA) is 65.5 Å². The van der Waals surface area contributed by atoms with E-state index in [-0.39, 0.29) is 41.3 Å². The first-order valence-corrected chi connectivity index (χ1v) is 10.2. The molecule has 0 aliphatic carbocycles. The number of carbonyl (C=O) groups is 2. The molecule has 2 aromatic rings. The van der Waals surface area contributed by atoms with Gasteiger partial charge in [0.05, 0.1) is 20.6 Å². The number of nitrogens with one attached hydrogen (secondary N) is 1. The number of nitrogens with zero attached hydrogens (tertiary/aromatic N) is 3. The number of halogens is 6. The summed E-state index contributed by atoms with van der Waals surface area (Å²) in [7, 11) is 0. The molecule has 2 amide bonds. The first-order valence-electron chi connectivity index (χ1n) is 9.05. The monoisotopic (exact) mass is 494 g/mol. The summed E-state index contributed by atoms with van der Waals surface area (Å²) in [6.07, 6.45) is -4.16. The summed E-state index contributed by atoms with van der Waals surface area (Å²) in [5, 5.41) is 3.08. The van der Waals surface area contributed by atoms with Crippen molar-refractivity contribution in [1.29, 1.82) is 0 Å². The molecule has 2 heterocycles. The average Bonchev–Trinajstić information content (AvgIpc) is 2.70. The van der Waals surface area contributed by atoms with Crippen molar-refractivity contribution in [2.24, 2.45) is 0 Å². The van der Waals surface area contributed by atoms with Gasteiger partial charge in [-0.15, -0.1) is 0 Å². The minimum Gasteiger partial charge on any atom is -0.352 e. The van der Waals surface area contributed by atoms with Gasteiger partial charge in [0.2, 0.25) is 11.8 Å². The van der Waals surface area contributed by atoms with Crippen molar-refractivity contribution < 1.29 is 22.8 Å². The number of hydrogen-bond acceptors (Lipinski definition) is 4. The van der Waals surface area contributed by atoms with Crippen LogP contribution in [0.25, 0.3) is 0 Å². The van der Waals surface area contributed by atoms with Crippen LogP contribution in [0.4, 0.5) is 24.7 Å². The lowest BCUT2D eigenvalue weighted by molar-refractivity contribution is -0.138. The van der Waals surface area contributed by atoms with E-state index < -0.39 is 17.6 Å². The molecule has 1 saturated heterocycles. The second kappa shape index (κ2) is 9.50. The number of anilines is 2. The van der Waals surface area contributed by atoms with Crippen molar-refractivity contribution in [1.82, 2.24) is 9.88 Å². The summed E-state index contributed by atoms with van der Waals surface area (Å²) >= 11 is 17.7. The van der Waals surface area contributed by atoms with E-state index in [2.05, 4.69) is 10.3 Å². The molecular formula is C19H16Cl3F3N4O2. The van der Waals surface area contributed by atoms with Crippen LogP contribution < -0.4 is 10.2 Å². The molecule has 0 saturated carbocycles. The summed E-state index contributed by atoms with van der Waals surface area (Å²) in [5.41, 5.74) is -0.511. The van der Waals surface area contributed by atoms with Crippen LogP contribution in [0.3, 0.4) is 0 Å². The van der Waals surface area contributed by atoms with Gasteiger partial charge in [0.25, 0.3) is 0 Å². The van der Waals surface area contributed by atoms with Gasteiger partial charge in [-0.1, -0.05) is 34.8 Å². The fourth-order valence-electron chi connectivity index (χ4n) is 3.01. The number of alkyl halides is 3. The highest BCUT2D eigenvalue weighted by Gasteiger charge is 2.32. The van der Waals surface area contributed by atoms with Crippen LogP contribution in [0.2, 0.25) is 15.1 Å². The third-order valence-electron chi connectivity index (χ3n) is 4.60. The van der Waals surface area contributed by atoms with Crippen LogP contribution in [0.5, 0.6) is 0 Å². The third-order valence-corrected chi connectivity index (χ3v) is 5.61. The Balaban J connectivity index is 1.53. The zero-order valence-electron chi connectivity index (χ0n) is 15.8. The van der Waals surface area contributed by atoms with Gasteiger partial charge in [0.1, 0.15) is 12.2 Å². The van der Waals surface area contributed by atoms with Crippen molar-refractivity contribution in [3.05, 3.63) is 51.1 Å². The van der Waals surface area contributed by atoms with Gasteiger partial charge in [-0.2, -0.15) is 13.2 Å². The van der Waals surface area contributed by atoms with E-state index >= 15 is 0 Å². The second-order valence-corrected chi connectivity index (χ2v) is 7.97. The van der Waals surface area contributed by atoms with E-state index in [1.54, 1.807) is 11.0 Å². The van der Waals surface area contributed by atoms with Crippen LogP contribution in [0.15, 0.2) is 30.5 Å². The second-order valence-electron chi connectivity index (χ2n) is 6.75. The third kappa shape index (κ3) is 5.93. The number of rotatable bonds is 4. The normalized spacial score (nSPS) is 14.5. The molecule has 12 heteroatoms. The van der Waals surface area contributed by atoms with Crippen molar-refractivity contribution in [3.63, 3.8) is 0 Å². The van der Waals surface area contributed by atoms with Crippen LogP contribution in [-0.2, 0) is 15.8 Å². The van der Waals surface area contributed by atoms with E-state index in [1.807, 2.05) is 0 Å². The number of aromatic nitrogens is 1. The summed E-state index contributed by atoms with van der Waals surface area (Å²) in [5.74, 6) is -0.652. The Morgan fingerprint density at radius 2 is 1.68 bits per heavy atom. The van der Waals surface area contributed by atoms with Crippen molar-refractivity contribution >= 4 is 58.1 Å². The van der Waals surface area contributed by atoms with E-state index in [0.717, 1.165) is 12.3 Å². The molecule has 31 heavy (non-hydrogen) atoms. The maximum absolute atomic E-state index is 12.8. The Labute approximate surface area is 190 Å². The SMILES string of the molecule is O=C(CC(=O)N1CCN(c2ncc(C(F)(F)F)cc2Cl)CC1)Nc1ccc(Cl)c(Cl)c1. The molecule has 3 rings (SSSR count). The fourth-order valence-corrected chi connectivity index (χ4v) is 3.60. The molecular weight excluding hydrogens is 480 g/mol. The molecule has 1 fully saturated rings. The van der Waals surface area contributed by atoms with Crippen molar-refractivity contribution in [3.8, 4) is 0 Å². The number of piperazine rings is 1. The van der Waals surface area contributed by atoms with Crippen LogP contribution in [-0.4, -0.2) is 47.9 Å². The molecule has 1 aromatic carbocycles. The number of benzene rings is 1. The summed E-state index contributed by atoms with van der Waals surface area (Å²) < 4.78 is 38.3. The Kier molecular flexibility index (Phi) is 7.18. The summed E-state index contributed by atoms with van der Waals surface area (Å²) in [6, 6.07) is 5.40. The van der Waals surface area contributed by atoms with Gasteiger partial charge < -0.3 is 15.1 Å². The quantitative estimate of drug-likeness (QED) is 0.623. The zero-order chi connectivity index (χ0) is 22.8. The van der Waals surface area contributed by atoms with Crippen molar-refractivity contribution in [2.75, 3.05) is 36.4 Å². The Morgan fingerprint density at radius 3 is 2.26 bits per heavy atom. The Morgan fingerprint density at radius 1 is 1.00 bits per heavy atom. The molecule has 1 aliphatic rings. The van der Waals surface area contributed by atoms with Crippen molar-refractivity contribution in [2.45, 2.75) is 12.6 Å². The highest BCUT2D eigenvalue weighted by molar-refractivity contribution is 6.42. The van der Waals surface area contributed by atoms with Crippen LogP contribution in [0, 0.1) is 0 Å². The molecule has 0 radical (unpaired) electrons. The number of hydrogen-bond donors (Lipinski definition) is 1. The molecule has 0 bridgehead atoms. The molecule has 0 unspecified atom stereocenters. The van der Waals surface area contributed by atoms with Gasteiger partial charge in [0.15, 0.2) is 0 Å². The van der Waals surface area contributed by atoms with Gasteiger partial charge in [-0.3, -0.25) is 9.59 Å². The zero-order valence-corrected chi connectivity index (χ0v) is 18.1. The fraction of sp³-hybridized carbons (Fsp3) is 0.316. The minimum absolute atomic E-state index is 0.115. The lowest BCUT2D eigenvalue weighted by atomic mass is 10.2. The minimum atomic E-state index is -4.53.